The van der Waals surface area contributed by atoms with E-state index in [-0.39, 0.29) is 16.5 Å². The summed E-state index contributed by atoms with van der Waals surface area (Å²) in [4.78, 5) is 12.6. The normalized spacial score (nSPS) is 11.0. The predicted octanol–water partition coefficient (Wildman–Crippen LogP) is 5.10. The molecule has 2 N–H and O–H groups in total. The van der Waals surface area contributed by atoms with Crippen molar-refractivity contribution in [2.75, 3.05) is 16.6 Å². The number of hydrogen-bond acceptors (Lipinski definition) is 4. The van der Waals surface area contributed by atoms with E-state index in [1.165, 1.54) is 6.07 Å². The molecule has 8 heteroatoms. The van der Waals surface area contributed by atoms with Crippen LogP contribution in [0.15, 0.2) is 71.6 Å². The van der Waals surface area contributed by atoms with Crippen molar-refractivity contribution in [2.24, 2.45) is 0 Å². The smallest absolute Gasteiger partial charge is 0.262 e. The molecule has 3 aromatic carbocycles. The van der Waals surface area contributed by atoms with Gasteiger partial charge in [0.15, 0.2) is 0 Å². The van der Waals surface area contributed by atoms with E-state index in [0.29, 0.717) is 34.2 Å². The Kier molecular flexibility index (Phi) is 6.64. The Morgan fingerprint density at radius 1 is 1.03 bits per heavy atom. The molecule has 0 bridgehead atoms. The predicted molar refractivity (Wildman–Crippen MR) is 119 cm³/mol. The van der Waals surface area contributed by atoms with E-state index in [0.717, 1.165) is 0 Å². The zero-order valence-corrected chi connectivity index (χ0v) is 18.0. The summed E-state index contributed by atoms with van der Waals surface area (Å²) in [5, 5.41) is 3.02. The number of rotatable bonds is 7. The van der Waals surface area contributed by atoms with Crippen molar-refractivity contribution >= 4 is 38.9 Å². The molecule has 1 amide bonds. The van der Waals surface area contributed by atoms with Gasteiger partial charge in [-0.1, -0.05) is 29.8 Å². The van der Waals surface area contributed by atoms with Crippen LogP contribution >= 0.6 is 11.6 Å². The SMILES string of the molecule is CCOc1ccc(C(=O)Nc2ccc(C)c(S(=O)(=O)Nc3ccccc3Cl)c2)cc1. The average molecular weight is 445 g/mol. The molecule has 0 atom stereocenters. The first-order valence-electron chi connectivity index (χ1n) is 9.22. The van der Waals surface area contributed by atoms with Crippen molar-refractivity contribution in [3.05, 3.63) is 82.9 Å². The average Bonchev–Trinajstić information content (AvgIpc) is 2.71. The van der Waals surface area contributed by atoms with Gasteiger partial charge in [0.05, 0.1) is 22.2 Å². The molecule has 0 aliphatic heterocycles. The number of nitrogens with one attached hydrogen (secondary N) is 2. The van der Waals surface area contributed by atoms with Gasteiger partial charge in [-0.3, -0.25) is 9.52 Å². The number of carbonyl (C=O) groups is 1. The molecule has 0 heterocycles. The minimum Gasteiger partial charge on any atom is -0.494 e. The van der Waals surface area contributed by atoms with Crippen molar-refractivity contribution < 1.29 is 17.9 Å². The van der Waals surface area contributed by atoms with Gasteiger partial charge in [0.1, 0.15) is 5.75 Å². The second-order valence-electron chi connectivity index (χ2n) is 6.48. The molecule has 0 radical (unpaired) electrons. The Bertz CT molecular complexity index is 1160. The fourth-order valence-electron chi connectivity index (χ4n) is 2.78. The van der Waals surface area contributed by atoms with Crippen LogP contribution in [0.5, 0.6) is 5.75 Å². The van der Waals surface area contributed by atoms with Gasteiger partial charge in [0, 0.05) is 11.3 Å². The molecular weight excluding hydrogens is 424 g/mol. The second kappa shape index (κ2) is 9.19. The lowest BCUT2D eigenvalue weighted by molar-refractivity contribution is 0.102. The lowest BCUT2D eigenvalue weighted by Crippen LogP contribution is -2.16. The highest BCUT2D eigenvalue weighted by Gasteiger charge is 2.19. The Labute approximate surface area is 180 Å². The Balaban J connectivity index is 1.82. The van der Waals surface area contributed by atoms with E-state index in [1.807, 2.05) is 6.92 Å². The molecule has 3 aromatic rings. The highest BCUT2D eigenvalue weighted by molar-refractivity contribution is 7.92. The largest absolute Gasteiger partial charge is 0.494 e. The lowest BCUT2D eigenvalue weighted by Gasteiger charge is -2.13. The van der Waals surface area contributed by atoms with Crippen molar-refractivity contribution in [1.82, 2.24) is 0 Å². The number of sulfonamides is 1. The fourth-order valence-corrected chi connectivity index (χ4v) is 4.37. The summed E-state index contributed by atoms with van der Waals surface area (Å²) < 4.78 is 33.6. The maximum Gasteiger partial charge on any atom is 0.262 e. The highest BCUT2D eigenvalue weighted by Crippen LogP contribution is 2.27. The maximum absolute atomic E-state index is 12.9. The molecule has 0 spiro atoms. The number of para-hydroxylation sites is 1. The molecule has 156 valence electrons. The number of carbonyl (C=O) groups excluding carboxylic acids is 1. The number of anilines is 2. The molecule has 0 aliphatic rings. The lowest BCUT2D eigenvalue weighted by atomic mass is 10.2. The standard InChI is InChI=1S/C22H21ClN2O4S/c1-3-29-18-12-9-16(10-13-18)22(26)24-17-11-8-15(2)21(14-17)30(27,28)25-20-7-5-4-6-19(20)23/h4-14,25H,3H2,1-2H3,(H,24,26). The van der Waals surface area contributed by atoms with Crippen molar-refractivity contribution in [1.29, 1.82) is 0 Å². The Morgan fingerprint density at radius 3 is 2.40 bits per heavy atom. The summed E-state index contributed by atoms with van der Waals surface area (Å²) >= 11 is 6.06. The van der Waals surface area contributed by atoms with Crippen LogP contribution in [0.25, 0.3) is 0 Å². The van der Waals surface area contributed by atoms with Crippen LogP contribution in [0.3, 0.4) is 0 Å². The first-order valence-corrected chi connectivity index (χ1v) is 11.1. The van der Waals surface area contributed by atoms with Crippen LogP contribution in [0.1, 0.15) is 22.8 Å². The highest BCUT2D eigenvalue weighted by atomic mass is 35.5. The van der Waals surface area contributed by atoms with Gasteiger partial charge in [-0.2, -0.15) is 0 Å². The van der Waals surface area contributed by atoms with Gasteiger partial charge in [-0.15, -0.1) is 0 Å². The summed E-state index contributed by atoms with van der Waals surface area (Å²) in [7, 11) is -3.90. The van der Waals surface area contributed by atoms with Crippen LogP contribution in [0.2, 0.25) is 5.02 Å². The van der Waals surface area contributed by atoms with Gasteiger partial charge in [-0.05, 0) is 67.9 Å². The van der Waals surface area contributed by atoms with Gasteiger partial charge in [0.25, 0.3) is 15.9 Å². The topological polar surface area (TPSA) is 84.5 Å². The van der Waals surface area contributed by atoms with E-state index in [4.69, 9.17) is 16.3 Å². The van der Waals surface area contributed by atoms with Crippen LogP contribution in [-0.4, -0.2) is 20.9 Å². The molecule has 0 saturated heterocycles. The molecule has 3 rings (SSSR count). The van der Waals surface area contributed by atoms with Gasteiger partial charge in [0.2, 0.25) is 0 Å². The van der Waals surface area contributed by atoms with E-state index >= 15 is 0 Å². The number of amides is 1. The molecular formula is C22H21ClN2O4S. The summed E-state index contributed by atoms with van der Waals surface area (Å²) in [5.74, 6) is 0.313. The van der Waals surface area contributed by atoms with Crippen LogP contribution in [0.4, 0.5) is 11.4 Å². The molecule has 0 unspecified atom stereocenters. The Hall–Kier alpha value is -3.03. The van der Waals surface area contributed by atoms with Gasteiger partial charge >= 0.3 is 0 Å². The minimum atomic E-state index is -3.90. The molecule has 0 aromatic heterocycles. The third-order valence-electron chi connectivity index (χ3n) is 4.28. The van der Waals surface area contributed by atoms with E-state index in [1.54, 1.807) is 67.6 Å². The number of aryl methyl sites for hydroxylation is 1. The summed E-state index contributed by atoms with van der Waals surface area (Å²) in [6.45, 7) is 4.10. The van der Waals surface area contributed by atoms with Crippen LogP contribution < -0.4 is 14.8 Å². The maximum atomic E-state index is 12.9. The van der Waals surface area contributed by atoms with E-state index < -0.39 is 10.0 Å². The quantitative estimate of drug-likeness (QED) is 0.531. The van der Waals surface area contributed by atoms with Gasteiger partial charge < -0.3 is 10.1 Å². The van der Waals surface area contributed by atoms with Crippen molar-refractivity contribution in [3.8, 4) is 5.75 Å². The van der Waals surface area contributed by atoms with Crippen LogP contribution in [0, 0.1) is 6.92 Å². The molecule has 6 nitrogen and oxygen atoms in total. The molecule has 0 aliphatic carbocycles. The zero-order chi connectivity index (χ0) is 21.7. The minimum absolute atomic E-state index is 0.0481. The number of hydrogen-bond donors (Lipinski definition) is 2. The second-order valence-corrected chi connectivity index (χ2v) is 8.54. The third kappa shape index (κ3) is 5.11. The first kappa shape index (κ1) is 21.7. The fraction of sp³-hybridized carbons (Fsp3) is 0.136. The van der Waals surface area contributed by atoms with Gasteiger partial charge in [-0.25, -0.2) is 8.42 Å². The number of ether oxygens (including phenoxy) is 1. The Morgan fingerprint density at radius 2 is 1.73 bits per heavy atom. The van der Waals surface area contributed by atoms with Crippen LogP contribution in [-0.2, 0) is 10.0 Å². The summed E-state index contributed by atoms with van der Waals surface area (Å²) in [5.41, 5.74) is 1.60. The zero-order valence-electron chi connectivity index (χ0n) is 16.5. The summed E-state index contributed by atoms with van der Waals surface area (Å²) in [6.07, 6.45) is 0. The number of benzene rings is 3. The third-order valence-corrected chi connectivity index (χ3v) is 6.12. The summed E-state index contributed by atoms with van der Waals surface area (Å²) in [6, 6.07) is 18.0. The van der Waals surface area contributed by atoms with Crippen molar-refractivity contribution in [2.45, 2.75) is 18.7 Å². The molecule has 30 heavy (non-hydrogen) atoms. The molecule has 0 saturated carbocycles. The first-order chi connectivity index (χ1) is 14.3. The van der Waals surface area contributed by atoms with Crippen molar-refractivity contribution in [3.63, 3.8) is 0 Å². The molecule has 0 fully saturated rings. The van der Waals surface area contributed by atoms with E-state index in [9.17, 15) is 13.2 Å². The van der Waals surface area contributed by atoms with E-state index in [2.05, 4.69) is 10.0 Å². The number of halogens is 1. The monoisotopic (exact) mass is 444 g/mol.